The average molecular weight is 260 g/mol. The molecule has 0 aliphatic rings. The van der Waals surface area contributed by atoms with Gasteiger partial charge in [0.2, 0.25) is 0 Å². The maximum Gasteiger partial charge on any atom is 0.292 e. The zero-order chi connectivity index (χ0) is 14.0. The predicted octanol–water partition coefficient (Wildman–Crippen LogP) is 2.91. The third-order valence-electron chi connectivity index (χ3n) is 2.72. The van der Waals surface area contributed by atoms with Crippen LogP contribution in [-0.2, 0) is 0 Å². The van der Waals surface area contributed by atoms with E-state index in [9.17, 15) is 10.1 Å². The molecule has 0 spiro atoms. The third-order valence-corrected chi connectivity index (χ3v) is 2.72. The number of aryl methyl sites for hydroxylation is 1. The Bertz CT molecular complexity index is 604. The number of nitrogens with zero attached hydrogens (tertiary/aromatic N) is 3. The van der Waals surface area contributed by atoms with E-state index in [1.807, 2.05) is 31.5 Å². The van der Waals surface area contributed by atoms with E-state index in [1.54, 1.807) is 18.3 Å². The van der Waals surface area contributed by atoms with Crippen molar-refractivity contribution in [3.8, 4) is 5.69 Å². The summed E-state index contributed by atoms with van der Waals surface area (Å²) < 4.78 is 1.88. The van der Waals surface area contributed by atoms with E-state index in [1.165, 1.54) is 6.07 Å². The zero-order valence-corrected chi connectivity index (χ0v) is 11.1. The molecule has 100 valence electrons. The number of hydrogen-bond acceptors (Lipinski definition) is 4. The van der Waals surface area contributed by atoms with Crippen LogP contribution in [0.2, 0.25) is 0 Å². The first-order valence-electron chi connectivity index (χ1n) is 6.04. The molecule has 1 N–H and O–H groups in total. The van der Waals surface area contributed by atoms with Gasteiger partial charge in [-0.1, -0.05) is 0 Å². The van der Waals surface area contributed by atoms with Crippen molar-refractivity contribution in [3.63, 3.8) is 0 Å². The van der Waals surface area contributed by atoms with Crippen molar-refractivity contribution >= 4 is 11.4 Å². The van der Waals surface area contributed by atoms with Gasteiger partial charge in [0, 0.05) is 30.2 Å². The molecule has 2 aromatic rings. The lowest BCUT2D eigenvalue weighted by Crippen LogP contribution is -2.12. The Morgan fingerprint density at radius 1 is 1.42 bits per heavy atom. The monoisotopic (exact) mass is 260 g/mol. The molecule has 1 aromatic heterocycles. The molecule has 0 aliphatic carbocycles. The molecule has 0 radical (unpaired) electrons. The summed E-state index contributed by atoms with van der Waals surface area (Å²) in [5, 5.41) is 14.1. The maximum absolute atomic E-state index is 11.0. The van der Waals surface area contributed by atoms with Gasteiger partial charge in [-0.3, -0.25) is 10.1 Å². The molecular formula is C13H16N4O2. The van der Waals surface area contributed by atoms with Crippen LogP contribution in [0.1, 0.15) is 19.7 Å². The number of aromatic nitrogens is 2. The smallest absolute Gasteiger partial charge is 0.292 e. The van der Waals surface area contributed by atoms with Gasteiger partial charge >= 0.3 is 0 Å². The summed E-state index contributed by atoms with van der Waals surface area (Å²) in [6.07, 6.45) is 3.53. The molecule has 0 aliphatic heterocycles. The Hall–Kier alpha value is -2.37. The van der Waals surface area contributed by atoms with E-state index in [0.717, 1.165) is 11.5 Å². The SMILES string of the molecule is Cc1nccn1-c1ccc([N+](=O)[O-])c(NC(C)C)c1. The van der Waals surface area contributed by atoms with Crippen LogP contribution in [-0.4, -0.2) is 20.5 Å². The van der Waals surface area contributed by atoms with Crippen LogP contribution in [0.25, 0.3) is 5.69 Å². The molecule has 6 nitrogen and oxygen atoms in total. The van der Waals surface area contributed by atoms with Crippen molar-refractivity contribution in [2.45, 2.75) is 26.8 Å². The van der Waals surface area contributed by atoms with Gasteiger partial charge in [-0.2, -0.15) is 0 Å². The van der Waals surface area contributed by atoms with Crippen LogP contribution in [0.15, 0.2) is 30.6 Å². The number of rotatable bonds is 4. The standard InChI is InChI=1S/C13H16N4O2/c1-9(2)15-12-8-11(4-5-13(12)17(18)19)16-7-6-14-10(16)3/h4-9,15H,1-3H3. The largest absolute Gasteiger partial charge is 0.377 e. The highest BCUT2D eigenvalue weighted by atomic mass is 16.6. The molecule has 0 amide bonds. The van der Waals surface area contributed by atoms with Crippen molar-refractivity contribution in [1.82, 2.24) is 9.55 Å². The van der Waals surface area contributed by atoms with Crippen LogP contribution in [0.4, 0.5) is 11.4 Å². The molecule has 0 atom stereocenters. The Kier molecular flexibility index (Phi) is 3.50. The summed E-state index contributed by atoms with van der Waals surface area (Å²) in [6.45, 7) is 5.77. The van der Waals surface area contributed by atoms with E-state index < -0.39 is 0 Å². The van der Waals surface area contributed by atoms with E-state index in [2.05, 4.69) is 10.3 Å². The van der Waals surface area contributed by atoms with Crippen LogP contribution in [0, 0.1) is 17.0 Å². The highest BCUT2D eigenvalue weighted by Gasteiger charge is 2.15. The van der Waals surface area contributed by atoms with Crippen molar-refractivity contribution in [3.05, 3.63) is 46.5 Å². The quantitative estimate of drug-likeness (QED) is 0.677. The summed E-state index contributed by atoms with van der Waals surface area (Å²) in [5.41, 5.74) is 1.45. The molecule has 0 saturated heterocycles. The number of imidazole rings is 1. The van der Waals surface area contributed by atoms with Crippen LogP contribution in [0.3, 0.4) is 0 Å². The minimum atomic E-state index is -0.380. The summed E-state index contributed by atoms with van der Waals surface area (Å²) in [6, 6.07) is 5.13. The molecule has 0 fully saturated rings. The average Bonchev–Trinajstić information content (AvgIpc) is 2.74. The summed E-state index contributed by atoms with van der Waals surface area (Å²) in [5.74, 6) is 0.837. The first kappa shape index (κ1) is 13.1. The number of nitro benzene ring substituents is 1. The van der Waals surface area contributed by atoms with Gasteiger partial charge in [-0.15, -0.1) is 0 Å². The Morgan fingerprint density at radius 2 is 2.16 bits per heavy atom. The fourth-order valence-corrected chi connectivity index (χ4v) is 1.91. The highest BCUT2D eigenvalue weighted by Crippen LogP contribution is 2.28. The molecule has 0 saturated carbocycles. The second kappa shape index (κ2) is 5.09. The lowest BCUT2D eigenvalue weighted by Gasteiger charge is -2.12. The Labute approximate surface area is 111 Å². The van der Waals surface area contributed by atoms with E-state index in [4.69, 9.17) is 0 Å². The third kappa shape index (κ3) is 2.73. The molecule has 1 heterocycles. The summed E-state index contributed by atoms with van der Waals surface area (Å²) >= 11 is 0. The molecule has 6 heteroatoms. The molecular weight excluding hydrogens is 244 g/mol. The number of hydrogen-bond donors (Lipinski definition) is 1. The number of nitrogens with one attached hydrogen (secondary N) is 1. The van der Waals surface area contributed by atoms with Crippen LogP contribution in [0.5, 0.6) is 0 Å². The van der Waals surface area contributed by atoms with E-state index in [-0.39, 0.29) is 16.7 Å². The fourth-order valence-electron chi connectivity index (χ4n) is 1.91. The van der Waals surface area contributed by atoms with Gasteiger partial charge in [-0.25, -0.2) is 4.98 Å². The Balaban J connectivity index is 2.49. The lowest BCUT2D eigenvalue weighted by molar-refractivity contribution is -0.384. The maximum atomic E-state index is 11.0. The molecule has 1 aromatic carbocycles. The van der Waals surface area contributed by atoms with Crippen LogP contribution >= 0.6 is 0 Å². The molecule has 0 bridgehead atoms. The minimum Gasteiger partial charge on any atom is -0.377 e. The summed E-state index contributed by atoms with van der Waals surface area (Å²) in [4.78, 5) is 14.8. The van der Waals surface area contributed by atoms with Crippen molar-refractivity contribution < 1.29 is 4.92 Å². The van der Waals surface area contributed by atoms with Gasteiger partial charge in [0.1, 0.15) is 11.5 Å². The first-order chi connectivity index (χ1) is 8.99. The first-order valence-corrected chi connectivity index (χ1v) is 6.04. The molecule has 2 rings (SSSR count). The topological polar surface area (TPSA) is 73.0 Å². The van der Waals surface area contributed by atoms with Gasteiger partial charge in [0.05, 0.1) is 4.92 Å². The molecule has 0 unspecified atom stereocenters. The van der Waals surface area contributed by atoms with Crippen molar-refractivity contribution in [2.24, 2.45) is 0 Å². The van der Waals surface area contributed by atoms with Gasteiger partial charge in [0.15, 0.2) is 0 Å². The van der Waals surface area contributed by atoms with Gasteiger partial charge in [-0.05, 0) is 32.9 Å². The minimum absolute atomic E-state index is 0.0789. The highest BCUT2D eigenvalue weighted by molar-refractivity contribution is 5.66. The molecule has 19 heavy (non-hydrogen) atoms. The van der Waals surface area contributed by atoms with Gasteiger partial charge < -0.3 is 9.88 Å². The zero-order valence-electron chi connectivity index (χ0n) is 11.1. The van der Waals surface area contributed by atoms with E-state index >= 15 is 0 Å². The van der Waals surface area contributed by atoms with Crippen molar-refractivity contribution in [1.29, 1.82) is 0 Å². The summed E-state index contributed by atoms with van der Waals surface area (Å²) in [7, 11) is 0. The number of benzene rings is 1. The predicted molar refractivity (Wildman–Crippen MR) is 73.7 cm³/mol. The fraction of sp³-hybridized carbons (Fsp3) is 0.308. The number of nitro groups is 1. The normalized spacial score (nSPS) is 10.7. The lowest BCUT2D eigenvalue weighted by atomic mass is 10.2. The van der Waals surface area contributed by atoms with Crippen LogP contribution < -0.4 is 5.32 Å². The van der Waals surface area contributed by atoms with Gasteiger partial charge in [0.25, 0.3) is 5.69 Å². The Morgan fingerprint density at radius 3 is 2.68 bits per heavy atom. The van der Waals surface area contributed by atoms with Crippen molar-refractivity contribution in [2.75, 3.05) is 5.32 Å². The second-order valence-corrected chi connectivity index (χ2v) is 4.60. The second-order valence-electron chi connectivity index (χ2n) is 4.60. The number of anilines is 1. The van der Waals surface area contributed by atoms with E-state index in [0.29, 0.717) is 5.69 Å².